The normalized spacial score (nSPS) is 19.0. The fraction of sp³-hybridized carbons (Fsp3) is 0.500. The molecular weight excluding hydrogens is 270 g/mol. The van der Waals surface area contributed by atoms with E-state index in [1.807, 2.05) is 20.0 Å². The number of aryl methyl sites for hydroxylation is 2. The zero-order valence-corrected chi connectivity index (χ0v) is 12.6. The van der Waals surface area contributed by atoms with Gasteiger partial charge in [0.25, 0.3) is 0 Å². The van der Waals surface area contributed by atoms with Crippen molar-refractivity contribution in [3.05, 3.63) is 28.7 Å². The first-order valence-corrected chi connectivity index (χ1v) is 7.78. The Balaban J connectivity index is 1.82. The average molecular weight is 289 g/mol. The quantitative estimate of drug-likeness (QED) is 0.909. The predicted octanol–water partition coefficient (Wildman–Crippen LogP) is 2.76. The lowest BCUT2D eigenvalue weighted by Crippen LogP contribution is -2.29. The minimum absolute atomic E-state index is 0.490. The Hall–Kier alpha value is -1.53. The molecule has 20 heavy (non-hydrogen) atoms. The van der Waals surface area contributed by atoms with Crippen LogP contribution in [0.15, 0.2) is 12.3 Å². The first kappa shape index (κ1) is 13.5. The number of hydrogen-bond acceptors (Lipinski definition) is 6. The van der Waals surface area contributed by atoms with Gasteiger partial charge in [0.05, 0.1) is 5.69 Å². The third-order valence-corrected chi connectivity index (χ3v) is 4.26. The fourth-order valence-electron chi connectivity index (χ4n) is 2.49. The summed E-state index contributed by atoms with van der Waals surface area (Å²) in [5.41, 5.74) is 1.13. The minimum atomic E-state index is 0.490. The highest BCUT2D eigenvalue weighted by Gasteiger charge is 2.18. The van der Waals surface area contributed by atoms with E-state index in [0.717, 1.165) is 35.6 Å². The van der Waals surface area contributed by atoms with E-state index in [-0.39, 0.29) is 0 Å². The lowest BCUT2D eigenvalue weighted by molar-refractivity contribution is 0.453. The Morgan fingerprint density at radius 3 is 2.95 bits per heavy atom. The maximum Gasteiger partial charge on any atom is 0.188 e. The zero-order valence-electron chi connectivity index (χ0n) is 11.8. The summed E-state index contributed by atoms with van der Waals surface area (Å²) in [5.74, 6) is 2.14. The summed E-state index contributed by atoms with van der Waals surface area (Å²) in [7, 11) is 0. The van der Waals surface area contributed by atoms with Crippen molar-refractivity contribution in [2.75, 3.05) is 18.4 Å². The first-order chi connectivity index (χ1) is 9.70. The molecule has 0 aliphatic carbocycles. The highest BCUT2D eigenvalue weighted by Crippen LogP contribution is 2.25. The summed E-state index contributed by atoms with van der Waals surface area (Å²) < 4.78 is 0. The Kier molecular flexibility index (Phi) is 3.93. The van der Waals surface area contributed by atoms with E-state index < -0.39 is 0 Å². The van der Waals surface area contributed by atoms with Gasteiger partial charge in [-0.1, -0.05) is 0 Å². The second-order valence-corrected chi connectivity index (χ2v) is 6.40. The number of hydrogen-bond donors (Lipinski definition) is 2. The van der Waals surface area contributed by atoms with Gasteiger partial charge in [0.15, 0.2) is 5.13 Å². The molecule has 0 radical (unpaired) electrons. The number of rotatable bonds is 3. The maximum absolute atomic E-state index is 4.60. The van der Waals surface area contributed by atoms with E-state index in [4.69, 9.17) is 0 Å². The van der Waals surface area contributed by atoms with E-state index in [9.17, 15) is 0 Å². The van der Waals surface area contributed by atoms with Crippen LogP contribution >= 0.6 is 11.3 Å². The SMILES string of the molecule is Cc1nc(Nc2ncc(C)s2)cc([C@@H]2CCCNC2)n1. The van der Waals surface area contributed by atoms with Crippen molar-refractivity contribution in [3.63, 3.8) is 0 Å². The van der Waals surface area contributed by atoms with Gasteiger partial charge in [0.1, 0.15) is 11.6 Å². The highest BCUT2D eigenvalue weighted by atomic mass is 32.1. The molecule has 106 valence electrons. The van der Waals surface area contributed by atoms with E-state index >= 15 is 0 Å². The molecule has 0 amide bonds. The summed E-state index contributed by atoms with van der Waals surface area (Å²) in [6.07, 6.45) is 4.27. The average Bonchev–Trinajstić information content (AvgIpc) is 2.84. The largest absolute Gasteiger partial charge is 0.316 e. The van der Waals surface area contributed by atoms with Gasteiger partial charge in [-0.15, -0.1) is 11.3 Å². The molecule has 2 N–H and O–H groups in total. The van der Waals surface area contributed by atoms with Crippen LogP contribution < -0.4 is 10.6 Å². The van der Waals surface area contributed by atoms with Crippen LogP contribution in [0.4, 0.5) is 10.9 Å². The lowest BCUT2D eigenvalue weighted by Gasteiger charge is -2.22. The van der Waals surface area contributed by atoms with Crippen molar-refractivity contribution in [2.45, 2.75) is 32.6 Å². The maximum atomic E-state index is 4.60. The summed E-state index contributed by atoms with van der Waals surface area (Å²) in [4.78, 5) is 14.6. The molecule has 3 heterocycles. The number of anilines is 2. The van der Waals surface area contributed by atoms with Crippen LogP contribution in [0.25, 0.3) is 0 Å². The van der Waals surface area contributed by atoms with Gasteiger partial charge in [-0.3, -0.25) is 0 Å². The van der Waals surface area contributed by atoms with Crippen molar-refractivity contribution >= 4 is 22.3 Å². The van der Waals surface area contributed by atoms with Crippen molar-refractivity contribution < 1.29 is 0 Å². The molecule has 6 heteroatoms. The molecule has 1 aliphatic rings. The molecule has 0 saturated carbocycles. The van der Waals surface area contributed by atoms with Crippen molar-refractivity contribution in [2.24, 2.45) is 0 Å². The molecule has 0 spiro atoms. The van der Waals surface area contributed by atoms with Crippen molar-refractivity contribution in [3.8, 4) is 0 Å². The van der Waals surface area contributed by atoms with E-state index in [0.29, 0.717) is 5.92 Å². The molecule has 2 aromatic heterocycles. The predicted molar refractivity (Wildman–Crippen MR) is 81.7 cm³/mol. The van der Waals surface area contributed by atoms with Crippen LogP contribution in [0.3, 0.4) is 0 Å². The van der Waals surface area contributed by atoms with Gasteiger partial charge >= 0.3 is 0 Å². The monoisotopic (exact) mass is 289 g/mol. The van der Waals surface area contributed by atoms with E-state index in [2.05, 4.69) is 31.7 Å². The van der Waals surface area contributed by atoms with Crippen LogP contribution in [0.5, 0.6) is 0 Å². The molecule has 2 aromatic rings. The number of nitrogens with one attached hydrogen (secondary N) is 2. The molecule has 1 fully saturated rings. The summed E-state index contributed by atoms with van der Waals surface area (Å²) in [6.45, 7) is 6.11. The van der Waals surface area contributed by atoms with Crippen LogP contribution in [0.2, 0.25) is 0 Å². The van der Waals surface area contributed by atoms with Gasteiger partial charge in [-0.2, -0.15) is 0 Å². The molecule has 5 nitrogen and oxygen atoms in total. The van der Waals surface area contributed by atoms with Crippen LogP contribution in [0, 0.1) is 13.8 Å². The summed E-state index contributed by atoms with van der Waals surface area (Å²) >= 11 is 1.63. The number of thiazole rings is 1. The second kappa shape index (κ2) is 5.85. The van der Waals surface area contributed by atoms with Gasteiger partial charge < -0.3 is 10.6 Å². The Bertz CT molecular complexity index is 589. The fourth-order valence-corrected chi connectivity index (χ4v) is 3.16. The minimum Gasteiger partial charge on any atom is -0.316 e. The zero-order chi connectivity index (χ0) is 13.9. The highest BCUT2D eigenvalue weighted by molar-refractivity contribution is 7.15. The number of aromatic nitrogens is 3. The third-order valence-electron chi connectivity index (χ3n) is 3.43. The summed E-state index contributed by atoms with van der Waals surface area (Å²) in [5, 5.41) is 7.60. The van der Waals surface area contributed by atoms with Gasteiger partial charge in [-0.05, 0) is 33.2 Å². The Morgan fingerprint density at radius 1 is 1.35 bits per heavy atom. The van der Waals surface area contributed by atoms with Crippen LogP contribution in [-0.2, 0) is 0 Å². The van der Waals surface area contributed by atoms with Gasteiger partial charge in [-0.25, -0.2) is 15.0 Å². The lowest BCUT2D eigenvalue weighted by atomic mass is 9.96. The molecule has 1 saturated heterocycles. The Labute approximate surface area is 122 Å². The summed E-state index contributed by atoms with van der Waals surface area (Å²) in [6, 6.07) is 2.06. The molecule has 3 rings (SSSR count). The van der Waals surface area contributed by atoms with Gasteiger partial charge in [0.2, 0.25) is 0 Å². The molecule has 0 bridgehead atoms. The van der Waals surface area contributed by atoms with Crippen molar-refractivity contribution in [1.82, 2.24) is 20.3 Å². The number of piperidine rings is 1. The molecule has 0 unspecified atom stereocenters. The third kappa shape index (κ3) is 3.13. The first-order valence-electron chi connectivity index (χ1n) is 6.96. The molecule has 0 aromatic carbocycles. The molecule has 1 aliphatic heterocycles. The topological polar surface area (TPSA) is 62.7 Å². The second-order valence-electron chi connectivity index (χ2n) is 5.17. The van der Waals surface area contributed by atoms with E-state index in [1.54, 1.807) is 11.3 Å². The smallest absolute Gasteiger partial charge is 0.188 e. The number of nitrogens with zero attached hydrogens (tertiary/aromatic N) is 3. The van der Waals surface area contributed by atoms with Gasteiger partial charge in [0, 0.05) is 29.6 Å². The Morgan fingerprint density at radius 2 is 2.25 bits per heavy atom. The van der Waals surface area contributed by atoms with Crippen LogP contribution in [0.1, 0.15) is 35.2 Å². The molecule has 1 atom stereocenters. The van der Waals surface area contributed by atoms with Crippen molar-refractivity contribution in [1.29, 1.82) is 0 Å². The molecular formula is C14H19N5S. The van der Waals surface area contributed by atoms with E-state index in [1.165, 1.54) is 17.7 Å². The van der Waals surface area contributed by atoms with Crippen LogP contribution in [-0.4, -0.2) is 28.0 Å². The standard InChI is InChI=1S/C14H19N5S/c1-9-7-16-14(20-9)19-13-6-12(17-10(2)18-13)11-4-3-5-15-8-11/h6-7,11,15H,3-5,8H2,1-2H3,(H,16,17,18,19)/t11-/m1/s1.